The summed E-state index contributed by atoms with van der Waals surface area (Å²) in [7, 11) is -3.60. The van der Waals surface area contributed by atoms with E-state index in [1.807, 2.05) is 45.0 Å². The van der Waals surface area contributed by atoms with Gasteiger partial charge in [-0.3, -0.25) is 4.79 Å². The quantitative estimate of drug-likeness (QED) is 0.637. The fraction of sp³-hybridized carbons (Fsp3) is 0.174. The zero-order chi connectivity index (χ0) is 21.0. The van der Waals surface area contributed by atoms with Crippen molar-refractivity contribution < 1.29 is 13.2 Å². The van der Waals surface area contributed by atoms with Crippen LogP contribution in [0.3, 0.4) is 0 Å². The van der Waals surface area contributed by atoms with Crippen molar-refractivity contribution in [3.63, 3.8) is 0 Å². The summed E-state index contributed by atoms with van der Waals surface area (Å²) >= 11 is 0. The Labute approximate surface area is 171 Å². The van der Waals surface area contributed by atoms with E-state index in [1.165, 1.54) is 0 Å². The minimum Gasteiger partial charge on any atom is -0.322 e. The van der Waals surface area contributed by atoms with E-state index in [1.54, 1.807) is 42.5 Å². The van der Waals surface area contributed by atoms with Crippen molar-refractivity contribution in [3.05, 3.63) is 94.5 Å². The second-order valence-corrected chi connectivity index (χ2v) is 8.85. The van der Waals surface area contributed by atoms with Crippen molar-refractivity contribution in [2.45, 2.75) is 32.2 Å². The average molecular weight is 409 g/mol. The Morgan fingerprint density at radius 3 is 2.10 bits per heavy atom. The average Bonchev–Trinajstić information content (AvgIpc) is 2.70. The Kier molecular flexibility index (Phi) is 6.15. The Balaban J connectivity index is 1.63. The maximum Gasteiger partial charge on any atom is 0.255 e. The number of sulfonamides is 1. The van der Waals surface area contributed by atoms with Crippen LogP contribution in [0.5, 0.6) is 0 Å². The van der Waals surface area contributed by atoms with Gasteiger partial charge in [0.2, 0.25) is 10.0 Å². The first kappa shape index (κ1) is 20.8. The number of benzene rings is 3. The van der Waals surface area contributed by atoms with Gasteiger partial charge in [0.1, 0.15) is 0 Å². The van der Waals surface area contributed by atoms with Crippen LogP contribution in [0, 0.1) is 20.8 Å². The lowest BCUT2D eigenvalue weighted by Crippen LogP contribution is -2.23. The summed E-state index contributed by atoms with van der Waals surface area (Å²) < 4.78 is 27.6. The predicted molar refractivity (Wildman–Crippen MR) is 116 cm³/mol. The molecule has 0 saturated heterocycles. The molecule has 0 aliphatic carbocycles. The van der Waals surface area contributed by atoms with Crippen LogP contribution in [0.25, 0.3) is 0 Å². The highest BCUT2D eigenvalue weighted by Gasteiger charge is 2.14. The molecule has 0 unspecified atom stereocenters. The Hall–Kier alpha value is -2.96. The van der Waals surface area contributed by atoms with Crippen molar-refractivity contribution in [1.29, 1.82) is 0 Å². The van der Waals surface area contributed by atoms with Gasteiger partial charge >= 0.3 is 0 Å². The molecule has 0 aromatic heterocycles. The number of amides is 1. The molecule has 0 bridgehead atoms. The maximum absolute atomic E-state index is 12.5. The second kappa shape index (κ2) is 8.59. The van der Waals surface area contributed by atoms with E-state index in [0.717, 1.165) is 27.9 Å². The van der Waals surface area contributed by atoms with Crippen LogP contribution >= 0.6 is 0 Å². The number of hydrogen-bond acceptors (Lipinski definition) is 3. The predicted octanol–water partition coefficient (Wildman–Crippen LogP) is 4.34. The van der Waals surface area contributed by atoms with Gasteiger partial charge in [-0.1, -0.05) is 35.9 Å². The molecule has 6 heteroatoms. The monoisotopic (exact) mass is 408 g/mol. The molecule has 29 heavy (non-hydrogen) atoms. The first-order valence-corrected chi connectivity index (χ1v) is 10.8. The van der Waals surface area contributed by atoms with Crippen molar-refractivity contribution in [1.82, 2.24) is 4.72 Å². The number of carbonyl (C=O) groups is 1. The second-order valence-electron chi connectivity index (χ2n) is 7.09. The SMILES string of the molecule is Cc1ccc(NC(=O)c2ccc(CNS(=O)(=O)c3ccc(C)c(C)c3)cc2)cc1. The van der Waals surface area contributed by atoms with E-state index in [4.69, 9.17) is 0 Å². The number of anilines is 1. The number of rotatable bonds is 6. The maximum atomic E-state index is 12.5. The summed E-state index contributed by atoms with van der Waals surface area (Å²) in [5, 5.41) is 2.84. The fourth-order valence-electron chi connectivity index (χ4n) is 2.76. The van der Waals surface area contributed by atoms with Gasteiger partial charge in [0.25, 0.3) is 5.91 Å². The summed E-state index contributed by atoms with van der Waals surface area (Å²) in [5.74, 6) is -0.212. The van der Waals surface area contributed by atoms with Gasteiger partial charge in [-0.2, -0.15) is 0 Å². The Bertz CT molecular complexity index is 1120. The van der Waals surface area contributed by atoms with Crippen LogP contribution in [-0.4, -0.2) is 14.3 Å². The fourth-order valence-corrected chi connectivity index (χ4v) is 3.86. The minimum absolute atomic E-state index is 0.148. The topological polar surface area (TPSA) is 75.3 Å². The van der Waals surface area contributed by atoms with E-state index in [0.29, 0.717) is 5.56 Å². The van der Waals surface area contributed by atoms with Gasteiger partial charge in [-0.25, -0.2) is 13.1 Å². The van der Waals surface area contributed by atoms with E-state index in [-0.39, 0.29) is 17.3 Å². The molecule has 0 aliphatic rings. The largest absolute Gasteiger partial charge is 0.322 e. The third-order valence-electron chi connectivity index (χ3n) is 4.78. The molecule has 0 atom stereocenters. The van der Waals surface area contributed by atoms with Crippen LogP contribution in [-0.2, 0) is 16.6 Å². The molecule has 0 fully saturated rings. The van der Waals surface area contributed by atoms with Gasteiger partial charge in [0, 0.05) is 17.8 Å². The Morgan fingerprint density at radius 1 is 0.828 bits per heavy atom. The smallest absolute Gasteiger partial charge is 0.255 e. The molecule has 0 radical (unpaired) electrons. The minimum atomic E-state index is -3.60. The first-order valence-electron chi connectivity index (χ1n) is 9.28. The molecule has 150 valence electrons. The van der Waals surface area contributed by atoms with E-state index in [9.17, 15) is 13.2 Å². The molecule has 2 N–H and O–H groups in total. The van der Waals surface area contributed by atoms with Crippen LogP contribution < -0.4 is 10.0 Å². The molecule has 0 saturated carbocycles. The van der Waals surface area contributed by atoms with Crippen LogP contribution in [0.4, 0.5) is 5.69 Å². The van der Waals surface area contributed by atoms with Gasteiger partial charge in [0.15, 0.2) is 0 Å². The molecule has 1 amide bonds. The number of aryl methyl sites for hydroxylation is 3. The van der Waals surface area contributed by atoms with Gasteiger partial charge < -0.3 is 5.32 Å². The Morgan fingerprint density at radius 2 is 1.48 bits per heavy atom. The molecule has 0 heterocycles. The van der Waals surface area contributed by atoms with Crippen molar-refractivity contribution in [2.75, 3.05) is 5.32 Å². The lowest BCUT2D eigenvalue weighted by molar-refractivity contribution is 0.102. The number of hydrogen-bond donors (Lipinski definition) is 2. The number of nitrogens with one attached hydrogen (secondary N) is 2. The highest BCUT2D eigenvalue weighted by molar-refractivity contribution is 7.89. The molecule has 0 aliphatic heterocycles. The van der Waals surface area contributed by atoms with Crippen molar-refractivity contribution in [2.24, 2.45) is 0 Å². The molecule has 3 rings (SSSR count). The first-order chi connectivity index (χ1) is 13.7. The van der Waals surface area contributed by atoms with Crippen LogP contribution in [0.1, 0.15) is 32.6 Å². The summed E-state index contributed by atoms with van der Waals surface area (Å²) in [4.78, 5) is 12.6. The number of carbonyl (C=O) groups excluding carboxylic acids is 1. The molecule has 3 aromatic carbocycles. The summed E-state index contributed by atoms with van der Waals surface area (Å²) in [6.07, 6.45) is 0. The van der Waals surface area contributed by atoms with Crippen molar-refractivity contribution >= 4 is 21.6 Å². The van der Waals surface area contributed by atoms with Gasteiger partial charge in [-0.15, -0.1) is 0 Å². The van der Waals surface area contributed by atoms with Crippen molar-refractivity contribution in [3.8, 4) is 0 Å². The molecule has 3 aromatic rings. The van der Waals surface area contributed by atoms with E-state index < -0.39 is 10.0 Å². The summed E-state index contributed by atoms with van der Waals surface area (Å²) in [6.45, 7) is 5.96. The standard InChI is InChI=1S/C23H24N2O3S/c1-16-4-11-21(12-5-16)25-23(26)20-9-7-19(8-10-20)15-24-29(27,28)22-13-6-17(2)18(3)14-22/h4-14,24H,15H2,1-3H3,(H,25,26). The molecular weight excluding hydrogens is 384 g/mol. The summed E-state index contributed by atoms with van der Waals surface area (Å²) in [5.41, 5.74) is 5.09. The van der Waals surface area contributed by atoms with Crippen LogP contribution in [0.15, 0.2) is 71.6 Å². The van der Waals surface area contributed by atoms with E-state index in [2.05, 4.69) is 10.0 Å². The zero-order valence-corrected chi connectivity index (χ0v) is 17.5. The van der Waals surface area contributed by atoms with Crippen LogP contribution in [0.2, 0.25) is 0 Å². The van der Waals surface area contributed by atoms with E-state index >= 15 is 0 Å². The molecule has 5 nitrogen and oxygen atoms in total. The van der Waals surface area contributed by atoms with Gasteiger partial charge in [0.05, 0.1) is 4.90 Å². The lowest BCUT2D eigenvalue weighted by atomic mass is 10.1. The highest BCUT2D eigenvalue weighted by atomic mass is 32.2. The van der Waals surface area contributed by atoms with Gasteiger partial charge in [-0.05, 0) is 73.9 Å². The summed E-state index contributed by atoms with van der Waals surface area (Å²) in [6, 6.07) is 19.5. The third-order valence-corrected chi connectivity index (χ3v) is 6.18. The lowest BCUT2D eigenvalue weighted by Gasteiger charge is -2.10. The molecule has 0 spiro atoms. The third kappa shape index (κ3) is 5.31. The highest BCUT2D eigenvalue weighted by Crippen LogP contribution is 2.16. The zero-order valence-electron chi connectivity index (χ0n) is 16.7. The normalized spacial score (nSPS) is 11.3. The molecular formula is C23H24N2O3S.